The van der Waals surface area contributed by atoms with Crippen molar-refractivity contribution in [2.75, 3.05) is 6.61 Å². The predicted molar refractivity (Wildman–Crippen MR) is 126 cm³/mol. The maximum atomic E-state index is 6.80. The molecule has 0 radical (unpaired) electrons. The first-order valence-electron chi connectivity index (χ1n) is 11.6. The third-order valence-corrected chi connectivity index (χ3v) is 9.60. The van der Waals surface area contributed by atoms with Gasteiger partial charge in [-0.1, -0.05) is 38.5 Å². The fourth-order valence-corrected chi connectivity index (χ4v) is 7.21. The quantitative estimate of drug-likeness (QED) is 0.220. The maximum Gasteiger partial charge on any atom is 0.341 e. The molecule has 0 unspecified atom stereocenters. The van der Waals surface area contributed by atoms with Gasteiger partial charge in [0, 0.05) is 17.4 Å². The summed E-state index contributed by atoms with van der Waals surface area (Å²) in [6.07, 6.45) is 13.5. The molecule has 30 heavy (non-hydrogen) atoms. The fraction of sp³-hybridized carbons (Fsp3) is 0.739. The molecule has 0 amide bonds. The average molecular weight is 492 g/mol. The lowest BCUT2D eigenvalue weighted by atomic mass is 9.72. The lowest BCUT2D eigenvalue weighted by molar-refractivity contribution is -0.278. The summed E-state index contributed by atoms with van der Waals surface area (Å²) < 4.78 is 19.4. The molecular formula is C23H33Cl3O3Si. The van der Waals surface area contributed by atoms with Gasteiger partial charge < -0.3 is 14.2 Å². The van der Waals surface area contributed by atoms with Crippen LogP contribution in [-0.4, -0.2) is 18.4 Å². The van der Waals surface area contributed by atoms with E-state index >= 15 is 0 Å². The Morgan fingerprint density at radius 1 is 0.933 bits per heavy atom. The largest absolute Gasteiger partial charge is 0.494 e. The highest BCUT2D eigenvalue weighted by Gasteiger charge is 2.51. The van der Waals surface area contributed by atoms with E-state index in [0.29, 0.717) is 31.1 Å². The minimum absolute atomic E-state index is 0.439. The van der Waals surface area contributed by atoms with Gasteiger partial charge in [0.05, 0.1) is 13.2 Å². The molecule has 1 aromatic carbocycles. The van der Waals surface area contributed by atoms with Crippen LogP contribution >= 0.6 is 33.2 Å². The second-order valence-electron chi connectivity index (χ2n) is 9.12. The topological polar surface area (TPSA) is 27.7 Å². The Bertz CT molecular complexity index is 679. The molecule has 0 bridgehead atoms. The van der Waals surface area contributed by atoms with Crippen LogP contribution in [0.2, 0.25) is 6.04 Å². The Labute approximate surface area is 195 Å². The zero-order valence-corrected chi connectivity index (χ0v) is 20.9. The Balaban J connectivity index is 1.46. The molecule has 4 rings (SSSR count). The summed E-state index contributed by atoms with van der Waals surface area (Å²) in [5.41, 5.74) is 1.07. The number of benzene rings is 1. The SMILES string of the molecule is Cl[Si](Cl)(Cl)CCCOc1ccc2c(c1)COC(C1CCCCC1)(C1CCCCC1)O2. The van der Waals surface area contributed by atoms with Gasteiger partial charge in [0.2, 0.25) is 5.79 Å². The molecule has 168 valence electrons. The van der Waals surface area contributed by atoms with E-state index in [-0.39, 0.29) is 0 Å². The van der Waals surface area contributed by atoms with Gasteiger partial charge in [-0.05, 0) is 56.3 Å². The van der Waals surface area contributed by atoms with Crippen LogP contribution in [0.25, 0.3) is 0 Å². The van der Waals surface area contributed by atoms with Crippen LogP contribution in [-0.2, 0) is 11.3 Å². The lowest BCUT2D eigenvalue weighted by Crippen LogP contribution is -2.55. The Morgan fingerprint density at radius 3 is 2.17 bits per heavy atom. The van der Waals surface area contributed by atoms with Crippen molar-refractivity contribution in [1.29, 1.82) is 0 Å². The first-order chi connectivity index (χ1) is 14.5. The molecule has 0 aromatic heterocycles. The molecule has 3 nitrogen and oxygen atoms in total. The van der Waals surface area contributed by atoms with Crippen LogP contribution in [0, 0.1) is 11.8 Å². The van der Waals surface area contributed by atoms with Crippen LogP contribution in [0.15, 0.2) is 18.2 Å². The van der Waals surface area contributed by atoms with Gasteiger partial charge in [0.15, 0.2) is 0 Å². The van der Waals surface area contributed by atoms with E-state index in [1.54, 1.807) is 0 Å². The van der Waals surface area contributed by atoms with Crippen LogP contribution < -0.4 is 9.47 Å². The molecule has 2 aliphatic carbocycles. The minimum atomic E-state index is -2.57. The van der Waals surface area contributed by atoms with E-state index in [4.69, 9.17) is 47.4 Å². The van der Waals surface area contributed by atoms with E-state index in [1.807, 2.05) is 12.1 Å². The fourth-order valence-electron chi connectivity index (χ4n) is 5.46. The summed E-state index contributed by atoms with van der Waals surface area (Å²) in [5.74, 6) is 2.37. The summed E-state index contributed by atoms with van der Waals surface area (Å²) >= 11 is 17.8. The van der Waals surface area contributed by atoms with E-state index < -0.39 is 11.8 Å². The summed E-state index contributed by atoms with van der Waals surface area (Å²) in [7, 11) is 0. The van der Waals surface area contributed by atoms with Crippen molar-refractivity contribution in [2.45, 2.75) is 89.1 Å². The molecule has 2 fully saturated rings. The lowest BCUT2D eigenvalue weighted by Gasteiger charge is -2.50. The van der Waals surface area contributed by atoms with Crippen molar-refractivity contribution in [1.82, 2.24) is 0 Å². The zero-order valence-electron chi connectivity index (χ0n) is 17.6. The highest BCUT2D eigenvalue weighted by molar-refractivity contribution is 7.64. The summed E-state index contributed by atoms with van der Waals surface area (Å²) in [5, 5.41) is 0. The average Bonchev–Trinajstić information content (AvgIpc) is 2.77. The summed E-state index contributed by atoms with van der Waals surface area (Å²) in [4.78, 5) is 0. The monoisotopic (exact) mass is 490 g/mol. The summed E-state index contributed by atoms with van der Waals surface area (Å²) in [6.45, 7) is 1.15. The van der Waals surface area contributed by atoms with Crippen molar-refractivity contribution in [3.8, 4) is 11.5 Å². The Hall–Kier alpha value is -0.133. The van der Waals surface area contributed by atoms with Crippen molar-refractivity contribution in [2.24, 2.45) is 11.8 Å². The van der Waals surface area contributed by atoms with Crippen molar-refractivity contribution in [3.05, 3.63) is 23.8 Å². The molecule has 0 N–H and O–H groups in total. The van der Waals surface area contributed by atoms with Gasteiger partial charge in [-0.25, -0.2) is 0 Å². The third-order valence-electron chi connectivity index (χ3n) is 6.98. The summed E-state index contributed by atoms with van der Waals surface area (Å²) in [6, 6.07) is 4.16. The number of fused-ring (bicyclic) bond motifs is 1. The Kier molecular flexibility index (Phi) is 7.84. The molecule has 2 saturated carbocycles. The number of ether oxygens (including phenoxy) is 3. The van der Waals surface area contributed by atoms with E-state index in [9.17, 15) is 0 Å². The van der Waals surface area contributed by atoms with Crippen LogP contribution in [0.1, 0.15) is 76.2 Å². The first kappa shape index (κ1) is 23.0. The van der Waals surface area contributed by atoms with Gasteiger partial charge in [-0.15, -0.1) is 33.2 Å². The minimum Gasteiger partial charge on any atom is -0.494 e. The predicted octanol–water partition coefficient (Wildman–Crippen LogP) is 7.88. The number of hydrogen-bond donors (Lipinski definition) is 0. The van der Waals surface area contributed by atoms with E-state index in [1.165, 1.54) is 64.2 Å². The second kappa shape index (κ2) is 10.2. The van der Waals surface area contributed by atoms with Crippen LogP contribution in [0.5, 0.6) is 11.5 Å². The van der Waals surface area contributed by atoms with Crippen molar-refractivity contribution >= 4 is 39.2 Å². The molecule has 0 spiro atoms. The molecular weight excluding hydrogens is 459 g/mol. The van der Waals surface area contributed by atoms with E-state index in [2.05, 4.69) is 6.07 Å². The van der Waals surface area contributed by atoms with Gasteiger partial charge in [0.25, 0.3) is 0 Å². The number of rotatable bonds is 7. The molecule has 1 heterocycles. The highest BCUT2D eigenvalue weighted by atomic mass is 35.8. The smallest absolute Gasteiger partial charge is 0.341 e. The van der Waals surface area contributed by atoms with Gasteiger partial charge in [-0.2, -0.15) is 0 Å². The van der Waals surface area contributed by atoms with Crippen LogP contribution in [0.3, 0.4) is 0 Å². The maximum absolute atomic E-state index is 6.80. The van der Waals surface area contributed by atoms with Gasteiger partial charge in [0.1, 0.15) is 11.5 Å². The molecule has 1 aliphatic heterocycles. The van der Waals surface area contributed by atoms with Gasteiger partial charge in [-0.3, -0.25) is 0 Å². The van der Waals surface area contributed by atoms with Crippen LogP contribution in [0.4, 0.5) is 0 Å². The Morgan fingerprint density at radius 2 is 1.57 bits per heavy atom. The second-order valence-corrected chi connectivity index (χ2v) is 18.4. The number of halogens is 3. The molecule has 0 saturated heterocycles. The normalized spacial score (nSPS) is 22.9. The highest BCUT2D eigenvalue weighted by Crippen LogP contribution is 2.49. The number of hydrogen-bond acceptors (Lipinski definition) is 3. The van der Waals surface area contributed by atoms with E-state index in [0.717, 1.165) is 23.5 Å². The standard InChI is InChI=1S/C23H33Cl3O3Si/c24-30(25,26)15-7-14-27-21-12-13-22-18(16-21)17-28-23(29-22,19-8-3-1-4-9-19)20-10-5-2-6-11-20/h12-13,16,19-20H,1-11,14-15,17H2. The molecule has 7 heteroatoms. The molecule has 1 aromatic rings. The van der Waals surface area contributed by atoms with Crippen molar-refractivity contribution in [3.63, 3.8) is 0 Å². The van der Waals surface area contributed by atoms with Gasteiger partial charge >= 0.3 is 6.00 Å². The van der Waals surface area contributed by atoms with Crippen molar-refractivity contribution < 1.29 is 14.2 Å². The molecule has 0 atom stereocenters. The zero-order chi connectivity index (χ0) is 21.0. The first-order valence-corrected chi connectivity index (χ1v) is 16.9. The molecule has 3 aliphatic rings. The third kappa shape index (κ3) is 5.61.